The van der Waals surface area contributed by atoms with Crippen LogP contribution in [-0.2, 0) is 6.54 Å². The average molecular weight is 244 g/mol. The van der Waals surface area contributed by atoms with E-state index in [1.165, 1.54) is 12.5 Å². The Morgan fingerprint density at radius 1 is 1.22 bits per heavy atom. The van der Waals surface area contributed by atoms with Crippen molar-refractivity contribution in [2.75, 3.05) is 13.1 Å². The molecule has 0 spiro atoms. The summed E-state index contributed by atoms with van der Waals surface area (Å²) >= 11 is 0. The zero-order valence-electron chi connectivity index (χ0n) is 10.1. The molecule has 0 fully saturated rings. The zero-order chi connectivity index (χ0) is 12.8. The van der Waals surface area contributed by atoms with Crippen molar-refractivity contribution < 1.29 is 9.21 Å². The van der Waals surface area contributed by atoms with E-state index in [-0.39, 0.29) is 5.91 Å². The lowest BCUT2D eigenvalue weighted by molar-refractivity contribution is 0.0747. The first-order valence-electron chi connectivity index (χ1n) is 5.86. The minimum Gasteiger partial charge on any atom is -0.472 e. The summed E-state index contributed by atoms with van der Waals surface area (Å²) in [5.74, 6) is -0.0574. The van der Waals surface area contributed by atoms with Crippen molar-refractivity contribution in [3.8, 4) is 0 Å². The maximum absolute atomic E-state index is 12.2. The molecular weight excluding hydrogens is 228 g/mol. The monoisotopic (exact) mass is 244 g/mol. The van der Waals surface area contributed by atoms with Gasteiger partial charge in [0.05, 0.1) is 11.8 Å². The van der Waals surface area contributed by atoms with Crippen molar-refractivity contribution in [1.82, 2.24) is 4.90 Å². The first-order chi connectivity index (χ1) is 8.81. The summed E-state index contributed by atoms with van der Waals surface area (Å²) in [6.45, 7) is 1.53. The fraction of sp³-hybridized carbons (Fsp3) is 0.214. The fourth-order valence-corrected chi connectivity index (χ4v) is 1.78. The van der Waals surface area contributed by atoms with E-state index < -0.39 is 0 Å². The molecule has 18 heavy (non-hydrogen) atoms. The summed E-state index contributed by atoms with van der Waals surface area (Å²) in [7, 11) is 0. The summed E-state index contributed by atoms with van der Waals surface area (Å²) < 4.78 is 4.94. The van der Waals surface area contributed by atoms with E-state index in [0.717, 1.165) is 5.56 Å². The Kier molecular flexibility index (Phi) is 4.15. The van der Waals surface area contributed by atoms with Gasteiger partial charge in [0.15, 0.2) is 0 Å². The van der Waals surface area contributed by atoms with Gasteiger partial charge in [-0.05, 0) is 11.6 Å². The minimum atomic E-state index is -0.0574. The van der Waals surface area contributed by atoms with Gasteiger partial charge in [-0.2, -0.15) is 0 Å². The van der Waals surface area contributed by atoms with Gasteiger partial charge in [-0.3, -0.25) is 4.79 Å². The van der Waals surface area contributed by atoms with Crippen molar-refractivity contribution in [2.45, 2.75) is 6.54 Å². The molecule has 0 saturated carbocycles. The van der Waals surface area contributed by atoms with Crippen LogP contribution in [0, 0.1) is 0 Å². The van der Waals surface area contributed by atoms with Gasteiger partial charge >= 0.3 is 0 Å². The minimum absolute atomic E-state index is 0.0574. The average Bonchev–Trinajstić information content (AvgIpc) is 2.92. The standard InChI is InChI=1S/C14H16N2O2/c15-7-8-16(10-12-4-2-1-3-5-12)14(17)13-6-9-18-11-13/h1-6,9,11H,7-8,10,15H2. The molecule has 1 heterocycles. The molecule has 1 aromatic carbocycles. The SMILES string of the molecule is NCCN(Cc1ccccc1)C(=O)c1ccoc1. The molecule has 0 aliphatic heterocycles. The summed E-state index contributed by atoms with van der Waals surface area (Å²) in [5.41, 5.74) is 7.20. The second kappa shape index (κ2) is 6.02. The van der Waals surface area contributed by atoms with Crippen molar-refractivity contribution >= 4 is 5.91 Å². The van der Waals surface area contributed by atoms with Gasteiger partial charge in [0.25, 0.3) is 5.91 Å². The van der Waals surface area contributed by atoms with Crippen LogP contribution in [0.4, 0.5) is 0 Å². The van der Waals surface area contributed by atoms with Crippen LogP contribution >= 0.6 is 0 Å². The van der Waals surface area contributed by atoms with Gasteiger partial charge in [0, 0.05) is 19.6 Å². The van der Waals surface area contributed by atoms with Crippen LogP contribution in [0.15, 0.2) is 53.3 Å². The van der Waals surface area contributed by atoms with Gasteiger partial charge in [-0.25, -0.2) is 0 Å². The number of benzene rings is 1. The molecule has 0 saturated heterocycles. The normalized spacial score (nSPS) is 10.3. The maximum atomic E-state index is 12.2. The van der Waals surface area contributed by atoms with Crippen molar-refractivity contribution in [2.24, 2.45) is 5.73 Å². The highest BCUT2D eigenvalue weighted by Gasteiger charge is 2.16. The van der Waals surface area contributed by atoms with E-state index in [4.69, 9.17) is 10.2 Å². The van der Waals surface area contributed by atoms with E-state index in [9.17, 15) is 4.79 Å². The largest absolute Gasteiger partial charge is 0.472 e. The second-order valence-corrected chi connectivity index (χ2v) is 4.01. The Morgan fingerprint density at radius 2 is 2.00 bits per heavy atom. The first-order valence-corrected chi connectivity index (χ1v) is 5.86. The molecule has 4 heteroatoms. The predicted octanol–water partition coefficient (Wildman–Crippen LogP) is 1.88. The number of hydrogen-bond acceptors (Lipinski definition) is 3. The molecule has 94 valence electrons. The Balaban J connectivity index is 2.11. The molecule has 0 aliphatic carbocycles. The van der Waals surface area contributed by atoms with Crippen LogP contribution in [0.25, 0.3) is 0 Å². The molecular formula is C14H16N2O2. The van der Waals surface area contributed by atoms with E-state index in [0.29, 0.717) is 25.2 Å². The molecule has 4 nitrogen and oxygen atoms in total. The quantitative estimate of drug-likeness (QED) is 0.873. The van der Waals surface area contributed by atoms with Crippen LogP contribution < -0.4 is 5.73 Å². The van der Waals surface area contributed by atoms with Crippen LogP contribution in [0.3, 0.4) is 0 Å². The van der Waals surface area contributed by atoms with Gasteiger partial charge in [-0.1, -0.05) is 30.3 Å². The summed E-state index contributed by atoms with van der Waals surface area (Å²) in [6, 6.07) is 11.5. The smallest absolute Gasteiger partial charge is 0.257 e. The Bertz CT molecular complexity index is 480. The lowest BCUT2D eigenvalue weighted by Crippen LogP contribution is -2.34. The first kappa shape index (κ1) is 12.4. The van der Waals surface area contributed by atoms with Gasteiger partial charge in [-0.15, -0.1) is 0 Å². The van der Waals surface area contributed by atoms with Gasteiger partial charge < -0.3 is 15.1 Å². The fourth-order valence-electron chi connectivity index (χ4n) is 1.78. The van der Waals surface area contributed by atoms with E-state index in [1.54, 1.807) is 11.0 Å². The van der Waals surface area contributed by atoms with Crippen LogP contribution in [0.5, 0.6) is 0 Å². The molecule has 0 unspecified atom stereocenters. The molecule has 2 N–H and O–H groups in total. The van der Waals surface area contributed by atoms with Crippen LogP contribution in [-0.4, -0.2) is 23.9 Å². The number of rotatable bonds is 5. The molecule has 0 radical (unpaired) electrons. The summed E-state index contributed by atoms with van der Waals surface area (Å²) in [4.78, 5) is 13.9. The van der Waals surface area contributed by atoms with E-state index in [1.807, 2.05) is 30.3 Å². The molecule has 2 rings (SSSR count). The zero-order valence-corrected chi connectivity index (χ0v) is 10.1. The van der Waals surface area contributed by atoms with Crippen molar-refractivity contribution in [3.05, 3.63) is 60.1 Å². The highest BCUT2D eigenvalue weighted by Crippen LogP contribution is 2.10. The third-order valence-electron chi connectivity index (χ3n) is 2.67. The number of hydrogen-bond donors (Lipinski definition) is 1. The topological polar surface area (TPSA) is 59.5 Å². The second-order valence-electron chi connectivity index (χ2n) is 4.01. The summed E-state index contributed by atoms with van der Waals surface area (Å²) in [5, 5.41) is 0. The van der Waals surface area contributed by atoms with E-state index >= 15 is 0 Å². The highest BCUT2D eigenvalue weighted by atomic mass is 16.3. The molecule has 2 aromatic rings. The Morgan fingerprint density at radius 3 is 2.61 bits per heavy atom. The van der Waals surface area contributed by atoms with E-state index in [2.05, 4.69) is 0 Å². The number of nitrogens with two attached hydrogens (primary N) is 1. The third kappa shape index (κ3) is 2.99. The maximum Gasteiger partial charge on any atom is 0.257 e. The van der Waals surface area contributed by atoms with Crippen LogP contribution in [0.2, 0.25) is 0 Å². The molecule has 1 amide bonds. The number of carbonyl (C=O) groups excluding carboxylic acids is 1. The molecule has 1 aromatic heterocycles. The molecule has 0 atom stereocenters. The Hall–Kier alpha value is -2.07. The number of carbonyl (C=O) groups is 1. The van der Waals surface area contributed by atoms with Gasteiger partial charge in [0.1, 0.15) is 6.26 Å². The van der Waals surface area contributed by atoms with Crippen LogP contribution in [0.1, 0.15) is 15.9 Å². The number of nitrogens with zero attached hydrogens (tertiary/aromatic N) is 1. The number of amides is 1. The van der Waals surface area contributed by atoms with Crippen molar-refractivity contribution in [1.29, 1.82) is 0 Å². The molecule has 0 aliphatic rings. The predicted molar refractivity (Wildman–Crippen MR) is 68.9 cm³/mol. The molecule has 0 bridgehead atoms. The summed E-state index contributed by atoms with van der Waals surface area (Å²) in [6.07, 6.45) is 2.95. The highest BCUT2D eigenvalue weighted by molar-refractivity contribution is 5.93. The van der Waals surface area contributed by atoms with Gasteiger partial charge in [0.2, 0.25) is 0 Å². The lowest BCUT2D eigenvalue weighted by atomic mass is 10.2. The third-order valence-corrected chi connectivity index (χ3v) is 2.67. The van der Waals surface area contributed by atoms with Crippen molar-refractivity contribution in [3.63, 3.8) is 0 Å². The lowest BCUT2D eigenvalue weighted by Gasteiger charge is -2.21. The number of furan rings is 1. The Labute approximate surface area is 106 Å².